The molecule has 0 aliphatic rings. The predicted octanol–water partition coefficient (Wildman–Crippen LogP) is -1.47. The molecule has 0 saturated heterocycles. The van der Waals surface area contributed by atoms with Crippen LogP contribution >= 0.6 is 0 Å². The van der Waals surface area contributed by atoms with Crippen LogP contribution in [0, 0.1) is 0 Å². The van der Waals surface area contributed by atoms with Gasteiger partial charge in [0.2, 0.25) is 0 Å². The van der Waals surface area contributed by atoms with Crippen molar-refractivity contribution in [3.8, 4) is 0 Å². The van der Waals surface area contributed by atoms with Gasteiger partial charge in [0.25, 0.3) is 0 Å². The number of amides is 1. The molecule has 24 heavy (non-hydrogen) atoms. The van der Waals surface area contributed by atoms with E-state index in [2.05, 4.69) is 4.74 Å². The summed E-state index contributed by atoms with van der Waals surface area (Å²) in [5.74, 6) is -3.54. The Hall–Kier alpha value is -2.69. The molecule has 0 aliphatic carbocycles. The van der Waals surface area contributed by atoms with Crippen LogP contribution in [-0.2, 0) is 20.7 Å². The molecule has 0 radical (unpaired) electrons. The van der Waals surface area contributed by atoms with Gasteiger partial charge in [-0.05, 0) is 12.0 Å². The number of carboxylic acids is 2. The summed E-state index contributed by atoms with van der Waals surface area (Å²) in [6, 6.07) is 9.57. The summed E-state index contributed by atoms with van der Waals surface area (Å²) >= 11 is 0. The van der Waals surface area contributed by atoms with Crippen molar-refractivity contribution in [2.75, 3.05) is 6.61 Å². The van der Waals surface area contributed by atoms with Crippen molar-refractivity contribution in [3.05, 3.63) is 35.9 Å². The number of aliphatic hydroxyl groups is 2. The second-order valence-corrected chi connectivity index (χ2v) is 4.65. The van der Waals surface area contributed by atoms with Gasteiger partial charge in [0.05, 0.1) is 0 Å². The first-order chi connectivity index (χ1) is 11.1. The molecule has 1 rings (SSSR count). The lowest BCUT2D eigenvalue weighted by molar-refractivity contribution is -0.165. The van der Waals surface area contributed by atoms with Crippen LogP contribution in [0.15, 0.2) is 30.3 Å². The molecule has 0 aromatic heterocycles. The summed E-state index contributed by atoms with van der Waals surface area (Å²) in [5, 5.41) is 32.5. The lowest BCUT2D eigenvalue weighted by atomic mass is 10.1. The van der Waals surface area contributed by atoms with E-state index >= 15 is 0 Å². The maximum absolute atomic E-state index is 10.3. The van der Waals surface area contributed by atoms with Crippen molar-refractivity contribution in [2.24, 2.45) is 11.5 Å². The van der Waals surface area contributed by atoms with Gasteiger partial charge in [0.15, 0.2) is 12.2 Å². The van der Waals surface area contributed by atoms with E-state index in [0.29, 0.717) is 6.42 Å². The quantitative estimate of drug-likeness (QED) is 0.342. The SMILES string of the molecule is NC(=O)OCC(N)Cc1ccccc1.O=C(O)C(O)C(O)C(=O)O. The average molecular weight is 344 g/mol. The van der Waals surface area contributed by atoms with E-state index in [-0.39, 0.29) is 12.6 Å². The number of carboxylic acid groups (broad SMARTS) is 2. The van der Waals surface area contributed by atoms with Crippen LogP contribution in [0.5, 0.6) is 0 Å². The topological polar surface area (TPSA) is 193 Å². The summed E-state index contributed by atoms with van der Waals surface area (Å²) in [6.45, 7) is 0.157. The number of aliphatic hydroxyl groups excluding tert-OH is 2. The highest BCUT2D eigenvalue weighted by molar-refractivity contribution is 5.83. The highest BCUT2D eigenvalue weighted by Gasteiger charge is 2.29. The molecule has 134 valence electrons. The Morgan fingerprint density at radius 2 is 1.46 bits per heavy atom. The van der Waals surface area contributed by atoms with Gasteiger partial charge in [-0.15, -0.1) is 0 Å². The lowest BCUT2D eigenvalue weighted by Crippen LogP contribution is -2.39. The van der Waals surface area contributed by atoms with Crippen molar-refractivity contribution >= 4 is 18.0 Å². The molecule has 10 heteroatoms. The molecule has 3 unspecified atom stereocenters. The molecule has 3 atom stereocenters. The van der Waals surface area contributed by atoms with E-state index in [1.165, 1.54) is 0 Å². The lowest BCUT2D eigenvalue weighted by Gasteiger charge is -2.10. The van der Waals surface area contributed by atoms with Gasteiger partial charge in [-0.1, -0.05) is 30.3 Å². The molecular weight excluding hydrogens is 324 g/mol. The normalized spacial score (nSPS) is 13.6. The molecular formula is C14H20N2O8. The monoisotopic (exact) mass is 344 g/mol. The summed E-state index contributed by atoms with van der Waals surface area (Å²) in [5.41, 5.74) is 11.7. The van der Waals surface area contributed by atoms with Gasteiger partial charge in [-0.2, -0.15) is 0 Å². The molecule has 8 N–H and O–H groups in total. The first kappa shape index (κ1) is 21.3. The molecule has 1 amide bonds. The Kier molecular flexibility index (Phi) is 9.71. The Bertz CT molecular complexity index is 519. The Labute approximate surface area is 137 Å². The molecule has 0 fully saturated rings. The molecule has 1 aromatic rings. The molecule has 0 spiro atoms. The van der Waals surface area contributed by atoms with E-state index < -0.39 is 30.2 Å². The van der Waals surface area contributed by atoms with Crippen LogP contribution in [0.3, 0.4) is 0 Å². The highest BCUT2D eigenvalue weighted by Crippen LogP contribution is 2.01. The number of nitrogens with two attached hydrogens (primary N) is 2. The van der Waals surface area contributed by atoms with Gasteiger partial charge in [0.1, 0.15) is 6.61 Å². The smallest absolute Gasteiger partial charge is 0.404 e. The fourth-order valence-electron chi connectivity index (χ4n) is 1.44. The zero-order valence-electron chi connectivity index (χ0n) is 12.6. The molecule has 0 bridgehead atoms. The largest absolute Gasteiger partial charge is 0.479 e. The first-order valence-electron chi connectivity index (χ1n) is 6.68. The number of aliphatic carboxylic acids is 2. The third kappa shape index (κ3) is 9.35. The van der Waals surface area contributed by atoms with Crippen molar-refractivity contribution < 1.29 is 39.5 Å². The van der Waals surface area contributed by atoms with Crippen molar-refractivity contribution in [1.82, 2.24) is 0 Å². The Morgan fingerprint density at radius 3 is 1.83 bits per heavy atom. The third-order valence-electron chi connectivity index (χ3n) is 2.59. The molecule has 0 heterocycles. The summed E-state index contributed by atoms with van der Waals surface area (Å²) in [4.78, 5) is 29.8. The number of hydrogen-bond donors (Lipinski definition) is 6. The summed E-state index contributed by atoms with van der Waals surface area (Å²) in [6.07, 6.45) is -4.64. The average Bonchev–Trinajstić information content (AvgIpc) is 2.52. The van der Waals surface area contributed by atoms with E-state index in [0.717, 1.165) is 5.56 Å². The minimum atomic E-state index is -2.27. The fraction of sp³-hybridized carbons (Fsp3) is 0.357. The van der Waals surface area contributed by atoms with Crippen LogP contribution < -0.4 is 11.5 Å². The van der Waals surface area contributed by atoms with Crippen LogP contribution in [0.4, 0.5) is 4.79 Å². The summed E-state index contributed by atoms with van der Waals surface area (Å²) < 4.78 is 4.59. The highest BCUT2D eigenvalue weighted by atomic mass is 16.5. The number of benzene rings is 1. The second-order valence-electron chi connectivity index (χ2n) is 4.65. The van der Waals surface area contributed by atoms with Gasteiger partial charge < -0.3 is 36.6 Å². The van der Waals surface area contributed by atoms with Gasteiger partial charge in [0, 0.05) is 6.04 Å². The predicted molar refractivity (Wildman–Crippen MR) is 80.9 cm³/mol. The number of rotatable bonds is 7. The van der Waals surface area contributed by atoms with Gasteiger partial charge >= 0.3 is 18.0 Å². The maximum atomic E-state index is 10.3. The molecule has 0 aliphatic heterocycles. The zero-order chi connectivity index (χ0) is 18.7. The molecule has 0 saturated carbocycles. The number of primary amides is 1. The minimum Gasteiger partial charge on any atom is -0.479 e. The van der Waals surface area contributed by atoms with E-state index in [1.807, 2.05) is 30.3 Å². The van der Waals surface area contributed by atoms with Crippen LogP contribution in [0.25, 0.3) is 0 Å². The van der Waals surface area contributed by atoms with Crippen LogP contribution in [-0.4, -0.2) is 63.3 Å². The van der Waals surface area contributed by atoms with E-state index in [1.54, 1.807) is 0 Å². The van der Waals surface area contributed by atoms with Crippen molar-refractivity contribution in [1.29, 1.82) is 0 Å². The van der Waals surface area contributed by atoms with E-state index in [4.69, 9.17) is 31.9 Å². The fourth-order valence-corrected chi connectivity index (χ4v) is 1.44. The van der Waals surface area contributed by atoms with Crippen LogP contribution in [0.1, 0.15) is 5.56 Å². The van der Waals surface area contributed by atoms with E-state index in [9.17, 15) is 14.4 Å². The number of carbonyl (C=O) groups is 3. The number of carbonyl (C=O) groups excluding carboxylic acids is 1. The minimum absolute atomic E-state index is 0.157. The number of hydrogen-bond acceptors (Lipinski definition) is 7. The Balaban J connectivity index is 0.000000470. The maximum Gasteiger partial charge on any atom is 0.404 e. The van der Waals surface area contributed by atoms with Gasteiger partial charge in [-0.25, -0.2) is 14.4 Å². The Morgan fingerprint density at radius 1 is 1.00 bits per heavy atom. The van der Waals surface area contributed by atoms with Crippen molar-refractivity contribution in [2.45, 2.75) is 24.7 Å². The summed E-state index contributed by atoms with van der Waals surface area (Å²) in [7, 11) is 0. The third-order valence-corrected chi connectivity index (χ3v) is 2.59. The van der Waals surface area contributed by atoms with Crippen LogP contribution in [0.2, 0.25) is 0 Å². The standard InChI is InChI=1S/C10H14N2O2.C4H6O6/c11-9(7-14-10(12)13)6-8-4-2-1-3-5-8;5-1(3(7)8)2(6)4(9)10/h1-5,9H,6-7,11H2,(H2,12,13);1-2,5-6H,(H,7,8)(H,9,10). The zero-order valence-corrected chi connectivity index (χ0v) is 12.6. The number of ether oxygens (including phenoxy) is 1. The van der Waals surface area contributed by atoms with Gasteiger partial charge in [-0.3, -0.25) is 0 Å². The molecule has 1 aromatic carbocycles. The molecule has 10 nitrogen and oxygen atoms in total. The first-order valence-corrected chi connectivity index (χ1v) is 6.68. The van der Waals surface area contributed by atoms with Crippen molar-refractivity contribution in [3.63, 3.8) is 0 Å². The second kappa shape index (κ2) is 10.9.